The first-order valence-corrected chi connectivity index (χ1v) is 6.55. The summed E-state index contributed by atoms with van der Waals surface area (Å²) in [7, 11) is 1.42. The average Bonchev–Trinajstić information content (AvgIpc) is 2.36. The molecule has 0 saturated carbocycles. The van der Waals surface area contributed by atoms with Gasteiger partial charge in [0.1, 0.15) is 0 Å². The van der Waals surface area contributed by atoms with Gasteiger partial charge in [-0.05, 0) is 17.7 Å². The van der Waals surface area contributed by atoms with Crippen LogP contribution in [0.3, 0.4) is 0 Å². The second-order valence-electron chi connectivity index (χ2n) is 3.72. The van der Waals surface area contributed by atoms with E-state index in [9.17, 15) is 8.78 Å². The molecule has 18 heavy (non-hydrogen) atoms. The average molecular weight is 277 g/mol. The zero-order valence-corrected chi connectivity index (χ0v) is 11.2. The molecule has 0 aliphatic carbocycles. The Kier molecular flexibility index (Phi) is 6.21. The van der Waals surface area contributed by atoms with Gasteiger partial charge >= 0.3 is 6.61 Å². The Bertz CT molecular complexity index is 377. The van der Waals surface area contributed by atoms with Crippen molar-refractivity contribution < 1.29 is 18.3 Å². The third-order valence-corrected chi connectivity index (χ3v) is 3.57. The van der Waals surface area contributed by atoms with Gasteiger partial charge in [-0.3, -0.25) is 0 Å². The van der Waals surface area contributed by atoms with Gasteiger partial charge < -0.3 is 15.2 Å². The van der Waals surface area contributed by atoms with E-state index in [2.05, 4.69) is 4.74 Å². The van der Waals surface area contributed by atoms with Crippen LogP contribution in [0.15, 0.2) is 18.2 Å². The maximum Gasteiger partial charge on any atom is 0.387 e. The fraction of sp³-hybridized carbons (Fsp3) is 0.500. The third kappa shape index (κ3) is 4.70. The van der Waals surface area contributed by atoms with Gasteiger partial charge in [-0.15, -0.1) is 0 Å². The molecule has 0 radical (unpaired) electrons. The summed E-state index contributed by atoms with van der Waals surface area (Å²) in [4.78, 5) is 0. The van der Waals surface area contributed by atoms with Crippen molar-refractivity contribution in [3.8, 4) is 11.5 Å². The second kappa shape index (κ2) is 7.43. The number of hydrogen-bond acceptors (Lipinski definition) is 4. The quantitative estimate of drug-likeness (QED) is 0.832. The molecule has 0 aliphatic heterocycles. The highest BCUT2D eigenvalue weighted by Crippen LogP contribution is 2.31. The van der Waals surface area contributed by atoms with Gasteiger partial charge in [-0.25, -0.2) is 0 Å². The molecule has 1 rings (SSSR count). The molecule has 0 fully saturated rings. The van der Waals surface area contributed by atoms with E-state index in [0.29, 0.717) is 17.5 Å². The molecule has 2 N–H and O–H groups in total. The van der Waals surface area contributed by atoms with Crippen LogP contribution in [0.2, 0.25) is 0 Å². The van der Waals surface area contributed by atoms with Gasteiger partial charge in [0.25, 0.3) is 0 Å². The summed E-state index contributed by atoms with van der Waals surface area (Å²) in [6, 6.07) is 4.94. The van der Waals surface area contributed by atoms with Crippen LogP contribution < -0.4 is 15.2 Å². The molecule has 0 saturated heterocycles. The normalized spacial score (nSPS) is 12.6. The zero-order valence-electron chi connectivity index (χ0n) is 10.4. The van der Waals surface area contributed by atoms with Crippen molar-refractivity contribution in [3.05, 3.63) is 23.8 Å². The molecule has 3 nitrogen and oxygen atoms in total. The Hall–Kier alpha value is -1.01. The van der Waals surface area contributed by atoms with E-state index in [1.807, 2.05) is 6.92 Å². The third-order valence-electron chi connectivity index (χ3n) is 2.31. The van der Waals surface area contributed by atoms with Crippen LogP contribution in [0, 0.1) is 0 Å². The van der Waals surface area contributed by atoms with Crippen LogP contribution >= 0.6 is 11.8 Å². The predicted molar refractivity (Wildman–Crippen MR) is 69.4 cm³/mol. The number of ether oxygens (including phenoxy) is 2. The highest BCUT2D eigenvalue weighted by atomic mass is 32.2. The van der Waals surface area contributed by atoms with Crippen molar-refractivity contribution in [2.24, 2.45) is 5.73 Å². The van der Waals surface area contributed by atoms with Crippen molar-refractivity contribution in [2.45, 2.75) is 24.5 Å². The van der Waals surface area contributed by atoms with E-state index in [-0.39, 0.29) is 5.75 Å². The number of rotatable bonds is 7. The molecule has 1 aromatic carbocycles. The summed E-state index contributed by atoms with van der Waals surface area (Å²) in [6.07, 6.45) is 0. The largest absolute Gasteiger partial charge is 0.493 e. The maximum atomic E-state index is 12.1. The van der Waals surface area contributed by atoms with Crippen LogP contribution in [-0.2, 0) is 5.75 Å². The van der Waals surface area contributed by atoms with Gasteiger partial charge in [0.2, 0.25) is 0 Å². The van der Waals surface area contributed by atoms with E-state index in [1.165, 1.54) is 13.2 Å². The molecule has 0 aliphatic rings. The molecule has 6 heteroatoms. The highest BCUT2D eigenvalue weighted by Gasteiger charge is 2.11. The minimum absolute atomic E-state index is 0.0492. The van der Waals surface area contributed by atoms with Crippen LogP contribution in [0.4, 0.5) is 8.78 Å². The number of nitrogens with two attached hydrogens (primary N) is 1. The van der Waals surface area contributed by atoms with Gasteiger partial charge in [-0.2, -0.15) is 20.5 Å². The summed E-state index contributed by atoms with van der Waals surface area (Å²) in [5.74, 6) is 1.12. The SMILES string of the molecule is COc1cc(CSC(C)CN)ccc1OC(F)F. The lowest BCUT2D eigenvalue weighted by Crippen LogP contribution is -2.12. The van der Waals surface area contributed by atoms with E-state index < -0.39 is 6.61 Å². The van der Waals surface area contributed by atoms with Gasteiger partial charge in [0.05, 0.1) is 7.11 Å². The van der Waals surface area contributed by atoms with E-state index in [4.69, 9.17) is 10.5 Å². The van der Waals surface area contributed by atoms with Crippen molar-refractivity contribution >= 4 is 11.8 Å². The fourth-order valence-corrected chi connectivity index (χ4v) is 2.09. The Morgan fingerprint density at radius 2 is 2.06 bits per heavy atom. The Balaban J connectivity index is 2.72. The molecular formula is C12H17F2NO2S. The molecule has 102 valence electrons. The van der Waals surface area contributed by atoms with Crippen molar-refractivity contribution in [3.63, 3.8) is 0 Å². The first kappa shape index (κ1) is 15.0. The predicted octanol–water partition coefficient (Wildman–Crippen LogP) is 2.88. The molecule has 1 aromatic rings. The number of methoxy groups -OCH3 is 1. The number of thioether (sulfide) groups is 1. The standard InChI is InChI=1S/C12H17F2NO2S/c1-8(6-15)18-7-9-3-4-10(17-12(13)14)11(5-9)16-2/h3-5,8,12H,6-7,15H2,1-2H3. The maximum absolute atomic E-state index is 12.1. The summed E-state index contributed by atoms with van der Waals surface area (Å²) in [6.45, 7) is -0.207. The lowest BCUT2D eigenvalue weighted by molar-refractivity contribution is -0.0512. The smallest absolute Gasteiger partial charge is 0.387 e. The zero-order chi connectivity index (χ0) is 13.5. The Morgan fingerprint density at radius 1 is 1.33 bits per heavy atom. The van der Waals surface area contributed by atoms with Gasteiger partial charge in [0.15, 0.2) is 11.5 Å². The van der Waals surface area contributed by atoms with Crippen molar-refractivity contribution in [2.75, 3.05) is 13.7 Å². The highest BCUT2D eigenvalue weighted by molar-refractivity contribution is 7.99. The van der Waals surface area contributed by atoms with Crippen molar-refractivity contribution in [1.29, 1.82) is 0 Å². The van der Waals surface area contributed by atoms with Crippen LogP contribution in [0.1, 0.15) is 12.5 Å². The first-order chi connectivity index (χ1) is 8.56. The van der Waals surface area contributed by atoms with Crippen LogP contribution in [0.25, 0.3) is 0 Å². The summed E-state index contributed by atoms with van der Waals surface area (Å²) >= 11 is 1.70. The Labute approximate surface area is 110 Å². The minimum Gasteiger partial charge on any atom is -0.493 e. The summed E-state index contributed by atoms with van der Waals surface area (Å²) in [5.41, 5.74) is 6.51. The van der Waals surface area contributed by atoms with E-state index in [1.54, 1.807) is 23.9 Å². The monoisotopic (exact) mass is 277 g/mol. The number of alkyl halides is 2. The van der Waals surface area contributed by atoms with Crippen LogP contribution in [0.5, 0.6) is 11.5 Å². The topological polar surface area (TPSA) is 44.5 Å². The molecule has 1 atom stereocenters. The molecule has 0 aromatic heterocycles. The molecule has 0 heterocycles. The van der Waals surface area contributed by atoms with Gasteiger partial charge in [-0.1, -0.05) is 13.0 Å². The molecule has 0 bridgehead atoms. The lowest BCUT2D eigenvalue weighted by atomic mass is 10.2. The van der Waals surface area contributed by atoms with E-state index >= 15 is 0 Å². The number of halogens is 2. The molecular weight excluding hydrogens is 260 g/mol. The first-order valence-electron chi connectivity index (χ1n) is 5.50. The van der Waals surface area contributed by atoms with Gasteiger partial charge in [0, 0.05) is 17.5 Å². The molecule has 0 spiro atoms. The minimum atomic E-state index is -2.85. The molecule has 1 unspecified atom stereocenters. The van der Waals surface area contributed by atoms with Crippen molar-refractivity contribution in [1.82, 2.24) is 0 Å². The summed E-state index contributed by atoms with van der Waals surface area (Å²) < 4.78 is 33.7. The summed E-state index contributed by atoms with van der Waals surface area (Å²) in [5, 5.41) is 0.355. The second-order valence-corrected chi connectivity index (χ2v) is 5.15. The fourth-order valence-electron chi connectivity index (χ4n) is 1.30. The van der Waals surface area contributed by atoms with Crippen LogP contribution in [-0.4, -0.2) is 25.5 Å². The van der Waals surface area contributed by atoms with E-state index in [0.717, 1.165) is 11.3 Å². The lowest BCUT2D eigenvalue weighted by Gasteiger charge is -2.12. The Morgan fingerprint density at radius 3 is 2.61 bits per heavy atom. The number of benzene rings is 1. The molecule has 0 amide bonds. The number of hydrogen-bond donors (Lipinski definition) is 1.